The van der Waals surface area contributed by atoms with Gasteiger partial charge in [-0.05, 0) is 19.8 Å². The Morgan fingerprint density at radius 3 is 2.67 bits per heavy atom. The molecule has 0 aliphatic rings. The summed E-state index contributed by atoms with van der Waals surface area (Å²) in [7, 11) is 0. The number of anilines is 1. The number of unbranched alkanes of at least 4 members (excludes halogenated alkanes) is 1. The average molecular weight is 263 g/mol. The van der Waals surface area contributed by atoms with Gasteiger partial charge in [0.15, 0.2) is 0 Å². The van der Waals surface area contributed by atoms with E-state index in [0.717, 1.165) is 25.1 Å². The lowest BCUT2D eigenvalue weighted by atomic mass is 10.3. The molecule has 0 amide bonds. The minimum atomic E-state index is -4.08. The molecule has 0 saturated heterocycles. The van der Waals surface area contributed by atoms with Crippen LogP contribution in [-0.4, -0.2) is 22.3 Å². The second-order valence-corrected chi connectivity index (χ2v) is 4.40. The number of aryl methyl sites for hydroxylation is 2. The summed E-state index contributed by atoms with van der Waals surface area (Å²) in [6.07, 6.45) is -0.869. The second kappa shape index (κ2) is 6.66. The van der Waals surface area contributed by atoms with E-state index in [4.69, 9.17) is 0 Å². The molecule has 1 aromatic heterocycles. The molecular formula is C12H20F3N3. The molecule has 0 unspecified atom stereocenters. The van der Waals surface area contributed by atoms with Crippen LogP contribution in [0.1, 0.15) is 38.3 Å². The van der Waals surface area contributed by atoms with Crippen molar-refractivity contribution in [3.05, 3.63) is 11.9 Å². The molecular weight excluding hydrogens is 243 g/mol. The first-order valence-corrected chi connectivity index (χ1v) is 6.27. The lowest BCUT2D eigenvalue weighted by Crippen LogP contribution is -2.11. The molecule has 1 heterocycles. The van der Waals surface area contributed by atoms with Gasteiger partial charge in [-0.3, -0.25) is 0 Å². The Balaban J connectivity index is 2.48. The molecule has 6 heteroatoms. The van der Waals surface area contributed by atoms with Crippen molar-refractivity contribution < 1.29 is 13.2 Å². The van der Waals surface area contributed by atoms with Crippen LogP contribution in [0.5, 0.6) is 0 Å². The van der Waals surface area contributed by atoms with E-state index in [1.807, 2.05) is 6.92 Å². The van der Waals surface area contributed by atoms with Crippen LogP contribution in [0.25, 0.3) is 0 Å². The van der Waals surface area contributed by atoms with Crippen molar-refractivity contribution >= 4 is 5.95 Å². The molecule has 0 radical (unpaired) electrons. The molecule has 0 aliphatic heterocycles. The maximum atomic E-state index is 12.1. The minimum Gasteiger partial charge on any atom is -0.356 e. The predicted molar refractivity (Wildman–Crippen MR) is 65.7 cm³/mol. The van der Waals surface area contributed by atoms with E-state index in [0.29, 0.717) is 12.5 Å². The maximum Gasteiger partial charge on any atom is 0.389 e. The molecule has 0 aromatic carbocycles. The van der Waals surface area contributed by atoms with E-state index in [2.05, 4.69) is 17.2 Å². The summed E-state index contributed by atoms with van der Waals surface area (Å²) in [6.45, 7) is 5.06. The van der Waals surface area contributed by atoms with Crippen molar-refractivity contribution in [2.75, 3.05) is 11.9 Å². The second-order valence-electron chi connectivity index (χ2n) is 4.40. The van der Waals surface area contributed by atoms with Gasteiger partial charge in [-0.25, -0.2) is 4.98 Å². The number of hydrogen-bond acceptors (Lipinski definition) is 2. The molecule has 0 aliphatic carbocycles. The highest BCUT2D eigenvalue weighted by Crippen LogP contribution is 2.22. The Bertz CT molecular complexity index is 358. The number of alkyl halides is 3. The smallest absolute Gasteiger partial charge is 0.356 e. The van der Waals surface area contributed by atoms with E-state index in [1.165, 1.54) is 0 Å². The van der Waals surface area contributed by atoms with Crippen LogP contribution in [0.3, 0.4) is 0 Å². The van der Waals surface area contributed by atoms with E-state index in [9.17, 15) is 13.2 Å². The van der Waals surface area contributed by atoms with Crippen LogP contribution < -0.4 is 5.32 Å². The molecule has 104 valence electrons. The number of halogens is 3. The first kappa shape index (κ1) is 14.9. The molecule has 0 bridgehead atoms. The number of rotatable bonds is 7. The average Bonchev–Trinajstić information content (AvgIpc) is 2.58. The summed E-state index contributed by atoms with van der Waals surface area (Å²) >= 11 is 0. The minimum absolute atomic E-state index is 0.0851. The van der Waals surface area contributed by atoms with Crippen molar-refractivity contribution in [2.24, 2.45) is 0 Å². The molecule has 3 nitrogen and oxygen atoms in total. The molecule has 18 heavy (non-hydrogen) atoms. The fraction of sp³-hybridized carbons (Fsp3) is 0.750. The highest BCUT2D eigenvalue weighted by Gasteiger charge is 2.26. The van der Waals surface area contributed by atoms with Gasteiger partial charge in [0.1, 0.15) is 0 Å². The van der Waals surface area contributed by atoms with E-state index < -0.39 is 12.6 Å². The quantitative estimate of drug-likeness (QED) is 0.759. The van der Waals surface area contributed by atoms with Gasteiger partial charge >= 0.3 is 6.18 Å². The van der Waals surface area contributed by atoms with Crippen molar-refractivity contribution in [1.29, 1.82) is 0 Å². The van der Waals surface area contributed by atoms with E-state index in [-0.39, 0.29) is 6.42 Å². The van der Waals surface area contributed by atoms with Crippen molar-refractivity contribution in [1.82, 2.24) is 9.55 Å². The highest BCUT2D eigenvalue weighted by molar-refractivity contribution is 5.28. The van der Waals surface area contributed by atoms with Crippen LogP contribution in [0.15, 0.2) is 6.20 Å². The normalized spacial score (nSPS) is 11.8. The molecule has 1 N–H and O–H groups in total. The maximum absolute atomic E-state index is 12.1. The molecule has 1 rings (SSSR count). The third-order valence-electron chi connectivity index (χ3n) is 2.57. The standard InChI is InChI=1S/C12H20F3N3/c1-3-4-7-16-11-17-10(2)9-18(11)8-5-6-12(13,14)15/h9H,3-8H2,1-2H3,(H,16,17). The number of hydrogen-bond donors (Lipinski definition) is 1. The zero-order valence-electron chi connectivity index (χ0n) is 10.8. The first-order chi connectivity index (χ1) is 8.42. The van der Waals surface area contributed by atoms with E-state index in [1.54, 1.807) is 10.8 Å². The van der Waals surface area contributed by atoms with Crippen molar-refractivity contribution in [2.45, 2.75) is 52.3 Å². The number of nitrogens with one attached hydrogen (secondary N) is 1. The Kier molecular flexibility index (Phi) is 5.50. The van der Waals surface area contributed by atoms with Gasteiger partial charge in [0.05, 0.1) is 5.69 Å². The summed E-state index contributed by atoms with van der Waals surface area (Å²) in [4.78, 5) is 4.27. The SMILES string of the molecule is CCCCNc1nc(C)cn1CCCC(F)(F)F. The number of nitrogens with zero attached hydrogens (tertiary/aromatic N) is 2. The summed E-state index contributed by atoms with van der Waals surface area (Å²) in [5.41, 5.74) is 0.820. The Hall–Kier alpha value is -1.20. The third kappa shape index (κ3) is 5.42. The fourth-order valence-corrected chi connectivity index (χ4v) is 1.69. The largest absolute Gasteiger partial charge is 0.389 e. The van der Waals surface area contributed by atoms with Crippen LogP contribution in [0, 0.1) is 6.92 Å². The highest BCUT2D eigenvalue weighted by atomic mass is 19.4. The van der Waals surface area contributed by atoms with Gasteiger partial charge in [0.25, 0.3) is 0 Å². The lowest BCUT2D eigenvalue weighted by molar-refractivity contribution is -0.135. The summed E-state index contributed by atoms with van der Waals surface area (Å²) in [5, 5.41) is 3.15. The monoisotopic (exact) mass is 263 g/mol. The van der Waals surface area contributed by atoms with Crippen LogP contribution in [0.4, 0.5) is 19.1 Å². The van der Waals surface area contributed by atoms with Gasteiger partial charge in [0.2, 0.25) is 5.95 Å². The molecule has 0 atom stereocenters. The van der Waals surface area contributed by atoms with Crippen LogP contribution >= 0.6 is 0 Å². The van der Waals surface area contributed by atoms with E-state index >= 15 is 0 Å². The topological polar surface area (TPSA) is 29.9 Å². The van der Waals surface area contributed by atoms with Crippen molar-refractivity contribution in [3.8, 4) is 0 Å². The van der Waals surface area contributed by atoms with Gasteiger partial charge in [0, 0.05) is 25.7 Å². The van der Waals surface area contributed by atoms with Crippen LogP contribution in [0.2, 0.25) is 0 Å². The molecule has 0 spiro atoms. The zero-order chi connectivity index (χ0) is 13.6. The van der Waals surface area contributed by atoms with Gasteiger partial charge in [-0.2, -0.15) is 13.2 Å². The Labute approximate surface area is 105 Å². The zero-order valence-corrected chi connectivity index (χ0v) is 10.8. The Morgan fingerprint density at radius 1 is 1.33 bits per heavy atom. The summed E-state index contributed by atoms with van der Waals surface area (Å²) in [5.74, 6) is 0.670. The number of aromatic nitrogens is 2. The van der Waals surface area contributed by atoms with Gasteiger partial charge in [-0.15, -0.1) is 0 Å². The molecule has 0 saturated carbocycles. The molecule has 1 aromatic rings. The first-order valence-electron chi connectivity index (χ1n) is 6.27. The number of imidazole rings is 1. The molecule has 0 fully saturated rings. The lowest BCUT2D eigenvalue weighted by Gasteiger charge is -2.10. The van der Waals surface area contributed by atoms with Crippen molar-refractivity contribution in [3.63, 3.8) is 0 Å². The predicted octanol–water partition coefficient (Wildman–Crippen LogP) is 3.75. The summed E-state index contributed by atoms with van der Waals surface area (Å²) in [6, 6.07) is 0. The van der Waals surface area contributed by atoms with Gasteiger partial charge < -0.3 is 9.88 Å². The summed E-state index contributed by atoms with van der Waals surface area (Å²) < 4.78 is 38.0. The fourth-order valence-electron chi connectivity index (χ4n) is 1.69. The third-order valence-corrected chi connectivity index (χ3v) is 2.57. The van der Waals surface area contributed by atoms with Crippen LogP contribution in [-0.2, 0) is 6.54 Å². The van der Waals surface area contributed by atoms with Gasteiger partial charge in [-0.1, -0.05) is 13.3 Å². The Morgan fingerprint density at radius 2 is 2.06 bits per heavy atom.